The first-order valence-electron chi connectivity index (χ1n) is 7.63. The van der Waals surface area contributed by atoms with Gasteiger partial charge in [-0.3, -0.25) is 9.78 Å². The van der Waals surface area contributed by atoms with E-state index in [1.807, 2.05) is 43.3 Å². The quantitative estimate of drug-likeness (QED) is 0.754. The van der Waals surface area contributed by atoms with Gasteiger partial charge < -0.3 is 14.6 Å². The van der Waals surface area contributed by atoms with E-state index < -0.39 is 0 Å². The molecule has 0 atom stereocenters. The average molecular weight is 323 g/mol. The van der Waals surface area contributed by atoms with Crippen LogP contribution in [0.2, 0.25) is 0 Å². The third-order valence-electron chi connectivity index (χ3n) is 3.40. The number of carbonyl (C=O) groups is 1. The average Bonchev–Trinajstić information content (AvgIpc) is 3.12. The highest BCUT2D eigenvalue weighted by Gasteiger charge is 2.13. The molecule has 0 unspecified atom stereocenters. The molecule has 6 heteroatoms. The van der Waals surface area contributed by atoms with E-state index in [1.165, 1.54) is 0 Å². The maximum atomic E-state index is 12.1. The number of hydrogen-bond acceptors (Lipinski definition) is 5. The lowest BCUT2D eigenvalue weighted by atomic mass is 10.1. The minimum Gasteiger partial charge on any atom is -0.494 e. The number of pyridine rings is 1. The highest BCUT2D eigenvalue weighted by molar-refractivity contribution is 5.93. The highest BCUT2D eigenvalue weighted by Crippen LogP contribution is 2.23. The smallest absolute Gasteiger partial charge is 0.273 e. The number of ether oxygens (including phenoxy) is 1. The van der Waals surface area contributed by atoms with Crippen molar-refractivity contribution in [1.29, 1.82) is 0 Å². The molecular weight excluding hydrogens is 306 g/mol. The number of nitrogens with one attached hydrogen (secondary N) is 1. The van der Waals surface area contributed by atoms with E-state index in [4.69, 9.17) is 9.26 Å². The van der Waals surface area contributed by atoms with Crippen LogP contribution in [0.5, 0.6) is 5.75 Å². The zero-order chi connectivity index (χ0) is 16.8. The monoisotopic (exact) mass is 323 g/mol. The number of nitrogens with zero attached hydrogens (tertiary/aromatic N) is 2. The minimum absolute atomic E-state index is 0.243. The van der Waals surface area contributed by atoms with E-state index in [0.717, 1.165) is 16.9 Å². The van der Waals surface area contributed by atoms with Crippen LogP contribution in [0.3, 0.4) is 0 Å². The predicted octanol–water partition coefficient (Wildman–Crippen LogP) is 3.07. The summed E-state index contributed by atoms with van der Waals surface area (Å²) in [7, 11) is 0. The van der Waals surface area contributed by atoms with Crippen LogP contribution in [0.4, 0.5) is 0 Å². The normalized spacial score (nSPS) is 10.4. The molecule has 122 valence electrons. The molecule has 0 bridgehead atoms. The summed E-state index contributed by atoms with van der Waals surface area (Å²) in [5.41, 5.74) is 2.04. The standard InChI is InChI=1S/C18H17N3O3/c1-2-23-15-5-3-14(4-6-15)17-11-16(21-24-17)18(22)20-12-13-7-9-19-10-8-13/h3-11H,2,12H2,1H3,(H,20,22). The van der Waals surface area contributed by atoms with Crippen LogP contribution in [-0.4, -0.2) is 22.7 Å². The van der Waals surface area contributed by atoms with Crippen LogP contribution in [0.25, 0.3) is 11.3 Å². The molecule has 0 aliphatic heterocycles. The summed E-state index contributed by atoms with van der Waals surface area (Å²) in [5, 5.41) is 6.63. The third kappa shape index (κ3) is 3.78. The fourth-order valence-corrected chi connectivity index (χ4v) is 2.17. The van der Waals surface area contributed by atoms with Crippen LogP contribution in [0.15, 0.2) is 59.4 Å². The van der Waals surface area contributed by atoms with Gasteiger partial charge in [-0.15, -0.1) is 0 Å². The van der Waals surface area contributed by atoms with Crippen LogP contribution >= 0.6 is 0 Å². The molecule has 0 aliphatic rings. The fraction of sp³-hybridized carbons (Fsp3) is 0.167. The number of carbonyl (C=O) groups excluding carboxylic acids is 1. The Kier molecular flexibility index (Phi) is 4.86. The second-order valence-electron chi connectivity index (χ2n) is 5.07. The van der Waals surface area contributed by atoms with Crippen LogP contribution < -0.4 is 10.1 Å². The summed E-state index contributed by atoms with van der Waals surface area (Å²) >= 11 is 0. The summed E-state index contributed by atoms with van der Waals surface area (Å²) in [6.45, 7) is 2.96. The molecule has 3 rings (SSSR count). The SMILES string of the molecule is CCOc1ccc(-c2cc(C(=O)NCc3ccncc3)no2)cc1. The van der Waals surface area contributed by atoms with Crippen molar-refractivity contribution in [3.8, 4) is 17.1 Å². The van der Waals surface area contributed by atoms with Gasteiger partial charge in [0.05, 0.1) is 6.61 Å². The lowest BCUT2D eigenvalue weighted by Gasteiger charge is -2.02. The molecule has 0 radical (unpaired) electrons. The molecule has 0 saturated carbocycles. The van der Waals surface area contributed by atoms with Crippen molar-refractivity contribution in [2.45, 2.75) is 13.5 Å². The summed E-state index contributed by atoms with van der Waals surface area (Å²) in [6, 6.07) is 12.7. The summed E-state index contributed by atoms with van der Waals surface area (Å²) < 4.78 is 10.7. The van der Waals surface area contributed by atoms with Gasteiger partial charge in [-0.25, -0.2) is 0 Å². The van der Waals surface area contributed by atoms with E-state index in [-0.39, 0.29) is 11.6 Å². The van der Waals surface area contributed by atoms with Crippen LogP contribution in [0, 0.1) is 0 Å². The maximum absolute atomic E-state index is 12.1. The number of amides is 1. The maximum Gasteiger partial charge on any atom is 0.273 e. The van der Waals surface area contributed by atoms with Gasteiger partial charge in [0.2, 0.25) is 0 Å². The molecule has 2 aromatic heterocycles. The Hall–Kier alpha value is -3.15. The Balaban J connectivity index is 1.65. The molecule has 24 heavy (non-hydrogen) atoms. The molecule has 1 N–H and O–H groups in total. The molecule has 0 saturated heterocycles. The highest BCUT2D eigenvalue weighted by atomic mass is 16.5. The lowest BCUT2D eigenvalue weighted by Crippen LogP contribution is -2.22. The molecule has 6 nitrogen and oxygen atoms in total. The molecule has 1 aromatic carbocycles. The van der Waals surface area contributed by atoms with E-state index in [0.29, 0.717) is 18.9 Å². The number of rotatable bonds is 6. The van der Waals surface area contributed by atoms with Crippen molar-refractivity contribution in [3.63, 3.8) is 0 Å². The van der Waals surface area contributed by atoms with E-state index in [2.05, 4.69) is 15.5 Å². The molecule has 0 spiro atoms. The second kappa shape index (κ2) is 7.41. The predicted molar refractivity (Wildman–Crippen MR) is 88.5 cm³/mol. The summed E-state index contributed by atoms with van der Waals surface area (Å²) in [4.78, 5) is 16.1. The van der Waals surface area contributed by atoms with Gasteiger partial charge in [0, 0.05) is 30.6 Å². The second-order valence-corrected chi connectivity index (χ2v) is 5.07. The van der Waals surface area contributed by atoms with Gasteiger partial charge in [-0.1, -0.05) is 5.16 Å². The van der Waals surface area contributed by atoms with Crippen molar-refractivity contribution in [2.24, 2.45) is 0 Å². The summed E-state index contributed by atoms with van der Waals surface area (Å²) in [5.74, 6) is 1.04. The Morgan fingerprint density at radius 3 is 2.62 bits per heavy atom. The Labute approximate surface area is 139 Å². The van der Waals surface area contributed by atoms with Gasteiger partial charge in [0.1, 0.15) is 5.75 Å². The lowest BCUT2D eigenvalue weighted by molar-refractivity contribution is 0.0942. The topological polar surface area (TPSA) is 77.2 Å². The van der Waals surface area contributed by atoms with Gasteiger partial charge >= 0.3 is 0 Å². The van der Waals surface area contributed by atoms with E-state index in [9.17, 15) is 4.79 Å². The molecule has 3 aromatic rings. The fourth-order valence-electron chi connectivity index (χ4n) is 2.17. The number of hydrogen-bond donors (Lipinski definition) is 1. The van der Waals surface area contributed by atoms with Gasteiger partial charge in [0.25, 0.3) is 5.91 Å². The van der Waals surface area contributed by atoms with Crippen molar-refractivity contribution in [3.05, 3.63) is 66.1 Å². The van der Waals surface area contributed by atoms with Gasteiger partial charge in [-0.05, 0) is 48.9 Å². The van der Waals surface area contributed by atoms with E-state index in [1.54, 1.807) is 18.5 Å². The Morgan fingerprint density at radius 2 is 1.92 bits per heavy atom. The number of benzene rings is 1. The molecule has 0 aliphatic carbocycles. The van der Waals surface area contributed by atoms with E-state index >= 15 is 0 Å². The van der Waals surface area contributed by atoms with Crippen LogP contribution in [0.1, 0.15) is 23.0 Å². The molecule has 1 amide bonds. The van der Waals surface area contributed by atoms with Gasteiger partial charge in [0.15, 0.2) is 11.5 Å². The van der Waals surface area contributed by atoms with Crippen LogP contribution in [-0.2, 0) is 6.54 Å². The Morgan fingerprint density at radius 1 is 1.17 bits per heavy atom. The first-order valence-corrected chi connectivity index (χ1v) is 7.63. The molecule has 2 heterocycles. The molecule has 0 fully saturated rings. The summed E-state index contributed by atoms with van der Waals surface area (Å²) in [6.07, 6.45) is 3.36. The van der Waals surface area contributed by atoms with Crippen molar-refractivity contribution < 1.29 is 14.1 Å². The zero-order valence-corrected chi connectivity index (χ0v) is 13.2. The molecular formula is C18H17N3O3. The minimum atomic E-state index is -0.284. The largest absolute Gasteiger partial charge is 0.494 e. The Bertz CT molecular complexity index is 798. The van der Waals surface area contributed by atoms with Crippen molar-refractivity contribution in [1.82, 2.24) is 15.5 Å². The van der Waals surface area contributed by atoms with Gasteiger partial charge in [-0.2, -0.15) is 0 Å². The third-order valence-corrected chi connectivity index (χ3v) is 3.40. The van der Waals surface area contributed by atoms with Crippen molar-refractivity contribution >= 4 is 5.91 Å². The van der Waals surface area contributed by atoms with Crippen molar-refractivity contribution in [2.75, 3.05) is 6.61 Å². The number of aromatic nitrogens is 2. The first-order chi connectivity index (χ1) is 11.8. The first kappa shape index (κ1) is 15.7. The zero-order valence-electron chi connectivity index (χ0n) is 13.2.